The van der Waals surface area contributed by atoms with Gasteiger partial charge < -0.3 is 5.32 Å². The molecule has 2 aromatic rings. The van der Waals surface area contributed by atoms with Gasteiger partial charge in [0.15, 0.2) is 0 Å². The lowest BCUT2D eigenvalue weighted by molar-refractivity contribution is 0.102. The van der Waals surface area contributed by atoms with Gasteiger partial charge in [0, 0.05) is 15.7 Å². The van der Waals surface area contributed by atoms with E-state index < -0.39 is 0 Å². The molecule has 0 radical (unpaired) electrons. The highest BCUT2D eigenvalue weighted by Gasteiger charge is 2.05. The summed E-state index contributed by atoms with van der Waals surface area (Å²) in [5.41, 5.74) is 1.12. The van der Waals surface area contributed by atoms with Crippen LogP contribution in [0.4, 0.5) is 10.1 Å². The van der Waals surface area contributed by atoms with Crippen LogP contribution >= 0.6 is 15.9 Å². The second kappa shape index (κ2) is 5.10. The van der Waals surface area contributed by atoms with Gasteiger partial charge in [0.05, 0.1) is 0 Å². The molecule has 0 bridgehead atoms. The summed E-state index contributed by atoms with van der Waals surface area (Å²) >= 11 is 3.31. The molecule has 2 aromatic carbocycles. The fourth-order valence-corrected chi connectivity index (χ4v) is 1.60. The molecule has 0 unspecified atom stereocenters. The summed E-state index contributed by atoms with van der Waals surface area (Å²) in [4.78, 5) is 11.8. The largest absolute Gasteiger partial charge is 0.322 e. The van der Waals surface area contributed by atoms with Crippen molar-refractivity contribution in [2.75, 3.05) is 5.32 Å². The molecule has 0 aliphatic carbocycles. The molecule has 2 rings (SSSR count). The van der Waals surface area contributed by atoms with Gasteiger partial charge in [-0.15, -0.1) is 0 Å². The Morgan fingerprint density at radius 2 is 1.59 bits per heavy atom. The highest BCUT2D eigenvalue weighted by Crippen LogP contribution is 2.15. The number of amides is 1. The Bertz CT molecular complexity index is 522. The van der Waals surface area contributed by atoms with Gasteiger partial charge in [-0.25, -0.2) is 4.39 Å². The van der Waals surface area contributed by atoms with Crippen LogP contribution in [-0.4, -0.2) is 5.91 Å². The molecule has 1 N–H and O–H groups in total. The van der Waals surface area contributed by atoms with Gasteiger partial charge in [0.25, 0.3) is 5.91 Å². The van der Waals surface area contributed by atoms with Gasteiger partial charge in [0.1, 0.15) is 5.82 Å². The lowest BCUT2D eigenvalue weighted by Gasteiger charge is -2.05. The average molecular weight is 294 g/mol. The molecule has 0 atom stereocenters. The normalized spacial score (nSPS) is 10.0. The van der Waals surface area contributed by atoms with Crippen LogP contribution < -0.4 is 5.32 Å². The Kier molecular flexibility index (Phi) is 3.54. The SMILES string of the molecule is O=C(Nc1ccc(Br)cc1)c1ccc(F)cc1. The van der Waals surface area contributed by atoms with Crippen molar-refractivity contribution < 1.29 is 9.18 Å². The van der Waals surface area contributed by atoms with Crippen LogP contribution in [0.25, 0.3) is 0 Å². The predicted molar refractivity (Wildman–Crippen MR) is 68.5 cm³/mol. The summed E-state index contributed by atoms with van der Waals surface area (Å²) in [5, 5.41) is 2.72. The number of nitrogens with one attached hydrogen (secondary N) is 1. The van der Waals surface area contributed by atoms with Gasteiger partial charge in [-0.1, -0.05) is 15.9 Å². The molecule has 0 aliphatic rings. The van der Waals surface area contributed by atoms with E-state index in [0.717, 1.165) is 4.47 Å². The van der Waals surface area contributed by atoms with E-state index in [4.69, 9.17) is 0 Å². The number of carbonyl (C=O) groups is 1. The monoisotopic (exact) mass is 293 g/mol. The molecular weight excluding hydrogens is 285 g/mol. The maximum absolute atomic E-state index is 12.7. The number of benzene rings is 2. The molecule has 86 valence electrons. The lowest BCUT2D eigenvalue weighted by Crippen LogP contribution is -2.11. The molecule has 0 saturated carbocycles. The van der Waals surface area contributed by atoms with E-state index in [1.54, 1.807) is 12.1 Å². The quantitative estimate of drug-likeness (QED) is 0.895. The summed E-state index contributed by atoms with van der Waals surface area (Å²) in [5.74, 6) is -0.613. The van der Waals surface area contributed by atoms with Gasteiger partial charge in [-0.05, 0) is 48.5 Å². The van der Waals surface area contributed by atoms with Gasteiger partial charge in [-0.2, -0.15) is 0 Å². The Hall–Kier alpha value is -1.68. The van der Waals surface area contributed by atoms with E-state index in [0.29, 0.717) is 11.3 Å². The van der Waals surface area contributed by atoms with Crippen LogP contribution in [0.2, 0.25) is 0 Å². The van der Waals surface area contributed by atoms with Crippen molar-refractivity contribution in [3.63, 3.8) is 0 Å². The first-order valence-electron chi connectivity index (χ1n) is 4.97. The van der Waals surface area contributed by atoms with Crippen LogP contribution in [0.1, 0.15) is 10.4 Å². The third-order valence-electron chi connectivity index (χ3n) is 2.21. The molecule has 2 nitrogen and oxygen atoms in total. The second-order valence-corrected chi connectivity index (χ2v) is 4.38. The van der Waals surface area contributed by atoms with Gasteiger partial charge >= 0.3 is 0 Å². The zero-order valence-electron chi connectivity index (χ0n) is 8.78. The zero-order valence-corrected chi connectivity index (χ0v) is 10.4. The topological polar surface area (TPSA) is 29.1 Å². The average Bonchev–Trinajstić information content (AvgIpc) is 2.33. The van der Waals surface area contributed by atoms with Crippen molar-refractivity contribution >= 4 is 27.5 Å². The molecule has 0 spiro atoms. The molecule has 0 saturated heterocycles. The van der Waals surface area contributed by atoms with Crippen molar-refractivity contribution in [2.24, 2.45) is 0 Å². The van der Waals surface area contributed by atoms with Crippen LogP contribution in [-0.2, 0) is 0 Å². The smallest absolute Gasteiger partial charge is 0.255 e. The number of halogens is 2. The molecule has 4 heteroatoms. The minimum absolute atomic E-state index is 0.257. The summed E-state index contributed by atoms with van der Waals surface area (Å²) < 4.78 is 13.6. The highest BCUT2D eigenvalue weighted by molar-refractivity contribution is 9.10. The fourth-order valence-electron chi connectivity index (χ4n) is 1.34. The van der Waals surface area contributed by atoms with Crippen molar-refractivity contribution in [1.82, 2.24) is 0 Å². The molecule has 0 aromatic heterocycles. The van der Waals surface area contributed by atoms with Crippen molar-refractivity contribution in [1.29, 1.82) is 0 Å². The molecule has 0 fully saturated rings. The first kappa shape index (κ1) is 11.8. The maximum Gasteiger partial charge on any atom is 0.255 e. The van der Waals surface area contributed by atoms with Crippen LogP contribution in [0, 0.1) is 5.82 Å². The van der Waals surface area contributed by atoms with E-state index >= 15 is 0 Å². The minimum atomic E-state index is -0.356. The number of rotatable bonds is 2. The third-order valence-corrected chi connectivity index (χ3v) is 2.74. The second-order valence-electron chi connectivity index (χ2n) is 3.47. The third kappa shape index (κ3) is 3.14. The Morgan fingerprint density at radius 1 is 1.00 bits per heavy atom. The van der Waals surface area contributed by atoms with E-state index in [1.165, 1.54) is 24.3 Å². The zero-order chi connectivity index (χ0) is 12.3. The molecule has 0 aliphatic heterocycles. The van der Waals surface area contributed by atoms with Crippen LogP contribution in [0.5, 0.6) is 0 Å². The summed E-state index contributed by atoms with van der Waals surface area (Å²) in [7, 11) is 0. The van der Waals surface area contributed by atoms with Crippen LogP contribution in [0.15, 0.2) is 53.0 Å². The molecule has 0 heterocycles. The number of anilines is 1. The van der Waals surface area contributed by atoms with E-state index in [2.05, 4.69) is 21.2 Å². The van der Waals surface area contributed by atoms with Crippen molar-refractivity contribution in [3.05, 3.63) is 64.4 Å². The van der Waals surface area contributed by atoms with E-state index in [1.807, 2.05) is 12.1 Å². The van der Waals surface area contributed by atoms with Crippen molar-refractivity contribution in [3.8, 4) is 0 Å². The maximum atomic E-state index is 12.7. The number of carbonyl (C=O) groups excluding carboxylic acids is 1. The predicted octanol–water partition coefficient (Wildman–Crippen LogP) is 3.84. The van der Waals surface area contributed by atoms with Crippen LogP contribution in [0.3, 0.4) is 0 Å². The van der Waals surface area contributed by atoms with E-state index in [9.17, 15) is 9.18 Å². The standard InChI is InChI=1S/C13H9BrFNO/c14-10-3-7-12(8-4-10)16-13(17)9-1-5-11(15)6-2-9/h1-8H,(H,16,17). The number of hydrogen-bond donors (Lipinski definition) is 1. The Morgan fingerprint density at radius 3 is 2.18 bits per heavy atom. The minimum Gasteiger partial charge on any atom is -0.322 e. The first-order chi connectivity index (χ1) is 8.15. The first-order valence-corrected chi connectivity index (χ1v) is 5.77. The fraction of sp³-hybridized carbons (Fsp3) is 0. The Labute approximate surface area is 107 Å². The molecular formula is C13H9BrFNO. The number of hydrogen-bond acceptors (Lipinski definition) is 1. The molecule has 17 heavy (non-hydrogen) atoms. The lowest BCUT2D eigenvalue weighted by atomic mass is 10.2. The highest BCUT2D eigenvalue weighted by atomic mass is 79.9. The van der Waals surface area contributed by atoms with E-state index in [-0.39, 0.29) is 11.7 Å². The summed E-state index contributed by atoms with van der Waals surface area (Å²) in [6.07, 6.45) is 0. The van der Waals surface area contributed by atoms with Gasteiger partial charge in [0.2, 0.25) is 0 Å². The van der Waals surface area contributed by atoms with Crippen molar-refractivity contribution in [2.45, 2.75) is 0 Å². The Balaban J connectivity index is 2.11. The summed E-state index contributed by atoms with van der Waals surface area (Å²) in [6, 6.07) is 12.7. The molecule has 1 amide bonds. The van der Waals surface area contributed by atoms with Gasteiger partial charge in [-0.3, -0.25) is 4.79 Å². The summed E-state index contributed by atoms with van der Waals surface area (Å²) in [6.45, 7) is 0.